The third-order valence-electron chi connectivity index (χ3n) is 2.08. The van der Waals surface area contributed by atoms with Crippen molar-refractivity contribution in [2.75, 3.05) is 14.2 Å². The van der Waals surface area contributed by atoms with Crippen molar-refractivity contribution in [2.24, 2.45) is 0 Å². The Morgan fingerprint density at radius 3 is 2.31 bits per heavy atom. The molecule has 0 N–H and O–H groups in total. The molecule has 1 aromatic carbocycles. The highest BCUT2D eigenvalue weighted by Crippen LogP contribution is 2.31. The van der Waals surface area contributed by atoms with Crippen molar-refractivity contribution in [1.82, 2.24) is 9.97 Å². The van der Waals surface area contributed by atoms with Crippen LogP contribution in [0.3, 0.4) is 0 Å². The van der Waals surface area contributed by atoms with E-state index in [1.165, 1.54) is 0 Å². The van der Waals surface area contributed by atoms with Crippen LogP contribution in [-0.2, 0) is 0 Å². The van der Waals surface area contributed by atoms with E-state index in [0.717, 1.165) is 0 Å². The van der Waals surface area contributed by atoms with Crippen molar-refractivity contribution in [2.45, 2.75) is 0 Å². The van der Waals surface area contributed by atoms with Crippen LogP contribution in [0.2, 0.25) is 10.3 Å². The van der Waals surface area contributed by atoms with Crippen molar-refractivity contribution >= 4 is 34.2 Å². The lowest BCUT2D eigenvalue weighted by atomic mass is 10.2. The van der Waals surface area contributed by atoms with Crippen molar-refractivity contribution < 1.29 is 9.47 Å². The molecule has 0 saturated carbocycles. The molecule has 0 saturated heterocycles. The number of hydrogen-bond donors (Lipinski definition) is 0. The lowest BCUT2D eigenvalue weighted by Gasteiger charge is -2.08. The number of nitrogens with zero attached hydrogens (tertiary/aromatic N) is 2. The highest BCUT2D eigenvalue weighted by molar-refractivity contribution is 6.40. The number of halogens is 2. The summed E-state index contributed by atoms with van der Waals surface area (Å²) in [4.78, 5) is 8.22. The summed E-state index contributed by atoms with van der Waals surface area (Å²) >= 11 is 11.6. The topological polar surface area (TPSA) is 44.2 Å². The molecule has 0 aliphatic rings. The van der Waals surface area contributed by atoms with Gasteiger partial charge in [-0.3, -0.25) is 0 Å². The summed E-state index contributed by atoms with van der Waals surface area (Å²) in [6.45, 7) is 0. The van der Waals surface area contributed by atoms with Crippen LogP contribution in [0.5, 0.6) is 11.5 Å². The molecule has 0 bridgehead atoms. The van der Waals surface area contributed by atoms with E-state index >= 15 is 0 Å². The van der Waals surface area contributed by atoms with Crippen LogP contribution in [0.4, 0.5) is 0 Å². The summed E-state index contributed by atoms with van der Waals surface area (Å²) in [5, 5.41) is 0.308. The Morgan fingerprint density at radius 1 is 1.00 bits per heavy atom. The third kappa shape index (κ3) is 1.86. The molecule has 0 fully saturated rings. The minimum absolute atomic E-state index is 0.151. The molecule has 4 nitrogen and oxygen atoms in total. The first-order valence-electron chi connectivity index (χ1n) is 4.40. The van der Waals surface area contributed by atoms with Gasteiger partial charge in [-0.1, -0.05) is 23.2 Å². The van der Waals surface area contributed by atoms with E-state index in [9.17, 15) is 0 Å². The number of fused-ring (bicyclic) bond motifs is 1. The van der Waals surface area contributed by atoms with Crippen LogP contribution < -0.4 is 9.47 Å². The van der Waals surface area contributed by atoms with Gasteiger partial charge >= 0.3 is 0 Å². The first-order valence-corrected chi connectivity index (χ1v) is 5.16. The zero-order valence-corrected chi connectivity index (χ0v) is 10.1. The minimum atomic E-state index is 0.151. The molecule has 0 radical (unpaired) electrons. The second-order valence-electron chi connectivity index (χ2n) is 3.00. The molecule has 2 rings (SSSR count). The molecule has 84 valence electrons. The van der Waals surface area contributed by atoms with Gasteiger partial charge in [-0.15, -0.1) is 0 Å². The van der Waals surface area contributed by atoms with Gasteiger partial charge in [0.25, 0.3) is 0 Å². The molecule has 0 unspecified atom stereocenters. The van der Waals surface area contributed by atoms with Crippen LogP contribution in [-0.4, -0.2) is 24.2 Å². The van der Waals surface area contributed by atoms with E-state index in [1.54, 1.807) is 26.4 Å². The van der Waals surface area contributed by atoms with E-state index in [0.29, 0.717) is 22.5 Å². The van der Waals surface area contributed by atoms with Crippen molar-refractivity contribution in [3.05, 3.63) is 22.4 Å². The number of benzene rings is 1. The maximum absolute atomic E-state index is 5.80. The highest BCUT2D eigenvalue weighted by atomic mass is 35.5. The molecule has 0 atom stereocenters. The van der Waals surface area contributed by atoms with E-state index in [1.807, 2.05) is 0 Å². The van der Waals surface area contributed by atoms with Crippen LogP contribution in [0, 0.1) is 0 Å². The van der Waals surface area contributed by atoms with E-state index < -0.39 is 0 Å². The number of ether oxygens (including phenoxy) is 2. The summed E-state index contributed by atoms with van der Waals surface area (Å²) in [5.41, 5.74) is 1.13. The molecule has 6 heteroatoms. The second-order valence-corrected chi connectivity index (χ2v) is 3.72. The fraction of sp³-hybridized carbons (Fsp3) is 0.200. The summed E-state index contributed by atoms with van der Waals surface area (Å²) in [5.74, 6) is 1.16. The lowest BCUT2D eigenvalue weighted by Crippen LogP contribution is -1.93. The van der Waals surface area contributed by atoms with Crippen LogP contribution in [0.25, 0.3) is 11.0 Å². The van der Waals surface area contributed by atoms with E-state index in [4.69, 9.17) is 32.7 Å². The molecule has 1 heterocycles. The summed E-state index contributed by atoms with van der Waals surface area (Å²) in [6, 6.07) is 3.42. The Balaban J connectivity index is 2.79. The smallest absolute Gasteiger partial charge is 0.167 e. The maximum atomic E-state index is 5.80. The third-order valence-corrected chi connectivity index (χ3v) is 2.71. The van der Waals surface area contributed by atoms with Crippen LogP contribution in [0.15, 0.2) is 12.1 Å². The second kappa shape index (κ2) is 4.31. The molecule has 0 amide bonds. The van der Waals surface area contributed by atoms with Gasteiger partial charge < -0.3 is 9.47 Å². The largest absolute Gasteiger partial charge is 0.497 e. The average molecular weight is 259 g/mol. The van der Waals surface area contributed by atoms with Gasteiger partial charge in [-0.25, -0.2) is 9.97 Å². The van der Waals surface area contributed by atoms with Crippen molar-refractivity contribution in [3.63, 3.8) is 0 Å². The standard InChI is InChI=1S/C10H8Cl2N2O2/c1-15-5-3-6-8(7(4-5)16-2)14-10(12)9(11)13-6/h3-4H,1-2H3. The molecule has 16 heavy (non-hydrogen) atoms. The van der Waals surface area contributed by atoms with Gasteiger partial charge in [-0.2, -0.15) is 0 Å². The van der Waals surface area contributed by atoms with Crippen LogP contribution in [0.1, 0.15) is 0 Å². The van der Waals surface area contributed by atoms with Crippen molar-refractivity contribution in [3.8, 4) is 11.5 Å². The Bertz CT molecular complexity index is 546. The maximum Gasteiger partial charge on any atom is 0.167 e. The zero-order chi connectivity index (χ0) is 11.7. The lowest BCUT2D eigenvalue weighted by molar-refractivity contribution is 0.397. The number of hydrogen-bond acceptors (Lipinski definition) is 4. The molecule has 0 aliphatic heterocycles. The fourth-order valence-electron chi connectivity index (χ4n) is 1.34. The molecule has 2 aromatic rings. The molecule has 0 spiro atoms. The number of rotatable bonds is 2. The molecule has 0 aliphatic carbocycles. The summed E-state index contributed by atoms with van der Waals surface area (Å²) < 4.78 is 10.3. The molecular formula is C10H8Cl2N2O2. The first kappa shape index (κ1) is 11.2. The summed E-state index contributed by atoms with van der Waals surface area (Å²) in [7, 11) is 3.10. The van der Waals surface area contributed by atoms with Crippen LogP contribution >= 0.6 is 23.2 Å². The Labute approximate surface area is 102 Å². The predicted octanol–water partition coefficient (Wildman–Crippen LogP) is 2.95. The van der Waals surface area contributed by atoms with Gasteiger partial charge in [0.05, 0.1) is 19.7 Å². The monoisotopic (exact) mass is 258 g/mol. The van der Waals surface area contributed by atoms with Gasteiger partial charge in [0, 0.05) is 12.1 Å². The van der Waals surface area contributed by atoms with Gasteiger partial charge in [-0.05, 0) is 0 Å². The Morgan fingerprint density at radius 2 is 1.69 bits per heavy atom. The minimum Gasteiger partial charge on any atom is -0.497 e. The summed E-state index contributed by atoms with van der Waals surface area (Å²) in [6.07, 6.45) is 0. The van der Waals surface area contributed by atoms with E-state index in [-0.39, 0.29) is 10.3 Å². The van der Waals surface area contributed by atoms with Gasteiger partial charge in [0.2, 0.25) is 0 Å². The predicted molar refractivity (Wildman–Crippen MR) is 62.7 cm³/mol. The SMILES string of the molecule is COc1cc(OC)c2nc(Cl)c(Cl)nc2c1. The molecular weight excluding hydrogens is 251 g/mol. The number of methoxy groups -OCH3 is 2. The van der Waals surface area contributed by atoms with Crippen molar-refractivity contribution in [1.29, 1.82) is 0 Å². The van der Waals surface area contributed by atoms with E-state index in [2.05, 4.69) is 9.97 Å². The average Bonchev–Trinajstić information content (AvgIpc) is 2.29. The quantitative estimate of drug-likeness (QED) is 0.831. The van der Waals surface area contributed by atoms with Gasteiger partial charge in [0.15, 0.2) is 10.3 Å². The zero-order valence-electron chi connectivity index (χ0n) is 8.62. The van der Waals surface area contributed by atoms with Gasteiger partial charge in [0.1, 0.15) is 17.0 Å². The highest BCUT2D eigenvalue weighted by Gasteiger charge is 2.11. The Kier molecular flexibility index (Phi) is 3.03. The normalized spacial score (nSPS) is 10.5. The first-order chi connectivity index (χ1) is 7.65. The fourth-order valence-corrected chi connectivity index (χ4v) is 1.60. The number of aromatic nitrogens is 2. The Hall–Kier alpha value is -1.26. The molecule has 1 aromatic heterocycles.